The molecule has 1 aromatic heterocycles. The summed E-state index contributed by atoms with van der Waals surface area (Å²) in [5.74, 6) is 0.612. The predicted octanol–water partition coefficient (Wildman–Crippen LogP) is 2.64. The molecule has 0 saturated carbocycles. The summed E-state index contributed by atoms with van der Waals surface area (Å²) in [6.07, 6.45) is 5.60. The van der Waals surface area contributed by atoms with Crippen molar-refractivity contribution >= 4 is 17.4 Å². The van der Waals surface area contributed by atoms with Gasteiger partial charge >= 0.3 is 0 Å². The molecule has 1 saturated heterocycles. The monoisotopic (exact) mass is 282 g/mol. The molecule has 1 amide bonds. The lowest BCUT2D eigenvalue weighted by molar-refractivity contribution is 0.102. The first-order valence-corrected chi connectivity index (χ1v) is 7.17. The fraction of sp³-hybridized carbons (Fsp3) is 0.312. The van der Waals surface area contributed by atoms with E-state index in [9.17, 15) is 4.79 Å². The third-order valence-electron chi connectivity index (χ3n) is 3.58. The number of benzene rings is 1. The predicted molar refractivity (Wildman–Crippen MR) is 82.6 cm³/mol. The molecule has 1 aliphatic heterocycles. The van der Waals surface area contributed by atoms with Gasteiger partial charge in [-0.1, -0.05) is 12.1 Å². The van der Waals surface area contributed by atoms with Crippen LogP contribution in [0.5, 0.6) is 0 Å². The van der Waals surface area contributed by atoms with E-state index in [0.29, 0.717) is 5.69 Å². The van der Waals surface area contributed by atoms with Crippen molar-refractivity contribution in [2.45, 2.75) is 19.8 Å². The molecular weight excluding hydrogens is 264 g/mol. The van der Waals surface area contributed by atoms with Crippen LogP contribution >= 0.6 is 0 Å². The Morgan fingerprint density at radius 2 is 2.00 bits per heavy atom. The maximum absolute atomic E-state index is 12.1. The second kappa shape index (κ2) is 5.91. The zero-order valence-corrected chi connectivity index (χ0v) is 12.0. The molecule has 2 heterocycles. The summed E-state index contributed by atoms with van der Waals surface area (Å²) in [6.45, 7) is 4.02. The van der Waals surface area contributed by atoms with Gasteiger partial charge in [-0.25, -0.2) is 9.97 Å². The number of aryl methyl sites for hydroxylation is 1. The van der Waals surface area contributed by atoms with E-state index >= 15 is 0 Å². The van der Waals surface area contributed by atoms with E-state index < -0.39 is 0 Å². The average Bonchev–Trinajstić information content (AvgIpc) is 3.01. The van der Waals surface area contributed by atoms with Crippen LogP contribution in [0.4, 0.5) is 11.5 Å². The van der Waals surface area contributed by atoms with Gasteiger partial charge in [-0.05, 0) is 37.5 Å². The molecule has 0 radical (unpaired) electrons. The number of hydrogen-bond donors (Lipinski definition) is 1. The van der Waals surface area contributed by atoms with Crippen LogP contribution in [0.1, 0.15) is 28.9 Å². The van der Waals surface area contributed by atoms with Gasteiger partial charge in [0.15, 0.2) is 0 Å². The van der Waals surface area contributed by atoms with E-state index in [1.54, 1.807) is 12.4 Å². The van der Waals surface area contributed by atoms with Crippen molar-refractivity contribution in [3.05, 3.63) is 47.9 Å². The van der Waals surface area contributed by atoms with Crippen LogP contribution < -0.4 is 10.2 Å². The number of amides is 1. The summed E-state index contributed by atoms with van der Waals surface area (Å²) < 4.78 is 0. The van der Waals surface area contributed by atoms with Crippen LogP contribution in [0.25, 0.3) is 0 Å². The summed E-state index contributed by atoms with van der Waals surface area (Å²) >= 11 is 0. The van der Waals surface area contributed by atoms with Gasteiger partial charge in [-0.15, -0.1) is 0 Å². The molecule has 3 rings (SSSR count). The Labute approximate surface area is 124 Å². The summed E-state index contributed by atoms with van der Waals surface area (Å²) in [6, 6.07) is 7.67. The van der Waals surface area contributed by atoms with Gasteiger partial charge in [0, 0.05) is 18.8 Å². The van der Waals surface area contributed by atoms with Crippen molar-refractivity contribution in [3.8, 4) is 0 Å². The van der Waals surface area contributed by atoms with E-state index in [-0.39, 0.29) is 5.91 Å². The van der Waals surface area contributed by atoms with Gasteiger partial charge in [0.25, 0.3) is 5.91 Å². The Balaban J connectivity index is 1.70. The van der Waals surface area contributed by atoms with E-state index in [1.165, 1.54) is 12.8 Å². The van der Waals surface area contributed by atoms with Crippen LogP contribution in [0, 0.1) is 6.92 Å². The standard InChI is InChI=1S/C16H18N4O/c1-12-5-4-6-13(9-12)19-16(21)14-10-18-15(11-17-14)20-7-2-3-8-20/h4-6,9-11H,2-3,7-8H2,1H3,(H,19,21). The van der Waals surface area contributed by atoms with E-state index in [1.807, 2.05) is 31.2 Å². The number of anilines is 2. The Morgan fingerprint density at radius 1 is 1.19 bits per heavy atom. The van der Waals surface area contributed by atoms with Gasteiger partial charge in [0.1, 0.15) is 11.5 Å². The number of rotatable bonds is 3. The van der Waals surface area contributed by atoms with Crippen molar-refractivity contribution in [1.29, 1.82) is 0 Å². The minimum Gasteiger partial charge on any atom is -0.355 e. The van der Waals surface area contributed by atoms with Crippen LogP contribution in [0.3, 0.4) is 0 Å². The van der Waals surface area contributed by atoms with Crippen LogP contribution in [-0.4, -0.2) is 29.0 Å². The number of aromatic nitrogens is 2. The van der Waals surface area contributed by atoms with Crippen molar-refractivity contribution in [1.82, 2.24) is 9.97 Å². The highest BCUT2D eigenvalue weighted by Crippen LogP contribution is 2.16. The Hall–Kier alpha value is -2.43. The summed E-state index contributed by atoms with van der Waals surface area (Å²) in [4.78, 5) is 22.9. The maximum atomic E-state index is 12.1. The minimum absolute atomic E-state index is 0.235. The topological polar surface area (TPSA) is 58.1 Å². The normalized spacial score (nSPS) is 14.2. The molecule has 0 spiro atoms. The molecule has 0 aliphatic carbocycles. The molecule has 0 bridgehead atoms. The number of nitrogens with one attached hydrogen (secondary N) is 1. The van der Waals surface area contributed by atoms with Crippen molar-refractivity contribution in [2.24, 2.45) is 0 Å². The summed E-state index contributed by atoms with van der Waals surface area (Å²) in [7, 11) is 0. The maximum Gasteiger partial charge on any atom is 0.275 e. The lowest BCUT2D eigenvalue weighted by Crippen LogP contribution is -2.20. The molecule has 0 atom stereocenters. The van der Waals surface area contributed by atoms with Gasteiger partial charge < -0.3 is 10.2 Å². The molecule has 5 nitrogen and oxygen atoms in total. The number of carbonyl (C=O) groups excluding carboxylic acids is 1. The number of carbonyl (C=O) groups is 1. The molecule has 1 aliphatic rings. The van der Waals surface area contributed by atoms with Crippen LogP contribution in [0.15, 0.2) is 36.7 Å². The van der Waals surface area contributed by atoms with Gasteiger partial charge in [-0.2, -0.15) is 0 Å². The van der Waals surface area contributed by atoms with Crippen molar-refractivity contribution in [3.63, 3.8) is 0 Å². The molecule has 2 aromatic rings. The molecule has 108 valence electrons. The van der Waals surface area contributed by atoms with E-state index in [2.05, 4.69) is 20.2 Å². The van der Waals surface area contributed by atoms with Crippen LogP contribution in [-0.2, 0) is 0 Å². The SMILES string of the molecule is Cc1cccc(NC(=O)c2cnc(N3CCCC3)cn2)c1. The highest BCUT2D eigenvalue weighted by molar-refractivity contribution is 6.02. The average molecular weight is 282 g/mol. The van der Waals surface area contributed by atoms with Gasteiger partial charge in [0.05, 0.1) is 12.4 Å². The van der Waals surface area contributed by atoms with Gasteiger partial charge in [0.2, 0.25) is 0 Å². The summed E-state index contributed by atoms with van der Waals surface area (Å²) in [5, 5.41) is 2.83. The Morgan fingerprint density at radius 3 is 2.67 bits per heavy atom. The highest BCUT2D eigenvalue weighted by atomic mass is 16.1. The zero-order valence-electron chi connectivity index (χ0n) is 12.0. The second-order valence-corrected chi connectivity index (χ2v) is 5.28. The quantitative estimate of drug-likeness (QED) is 0.940. The van der Waals surface area contributed by atoms with E-state index in [4.69, 9.17) is 0 Å². The first-order chi connectivity index (χ1) is 10.2. The molecule has 1 aromatic carbocycles. The van der Waals surface area contributed by atoms with Gasteiger partial charge in [-0.3, -0.25) is 4.79 Å². The Kier molecular flexibility index (Phi) is 3.81. The fourth-order valence-electron chi connectivity index (χ4n) is 2.47. The number of hydrogen-bond acceptors (Lipinski definition) is 4. The minimum atomic E-state index is -0.235. The smallest absolute Gasteiger partial charge is 0.275 e. The molecule has 0 unspecified atom stereocenters. The summed E-state index contributed by atoms with van der Waals surface area (Å²) in [5.41, 5.74) is 2.20. The first kappa shape index (κ1) is 13.5. The molecule has 21 heavy (non-hydrogen) atoms. The molecule has 5 heteroatoms. The largest absolute Gasteiger partial charge is 0.355 e. The molecule has 1 N–H and O–H groups in total. The Bertz CT molecular complexity index is 633. The second-order valence-electron chi connectivity index (χ2n) is 5.28. The highest BCUT2D eigenvalue weighted by Gasteiger charge is 2.15. The first-order valence-electron chi connectivity index (χ1n) is 7.17. The fourth-order valence-corrected chi connectivity index (χ4v) is 2.47. The van der Waals surface area contributed by atoms with Crippen molar-refractivity contribution in [2.75, 3.05) is 23.3 Å². The van der Waals surface area contributed by atoms with Crippen LogP contribution in [0.2, 0.25) is 0 Å². The lowest BCUT2D eigenvalue weighted by Gasteiger charge is -2.15. The molecular formula is C16H18N4O. The third-order valence-corrected chi connectivity index (χ3v) is 3.58. The molecule has 1 fully saturated rings. The lowest BCUT2D eigenvalue weighted by atomic mass is 10.2. The van der Waals surface area contributed by atoms with E-state index in [0.717, 1.165) is 30.2 Å². The number of nitrogens with zero attached hydrogens (tertiary/aromatic N) is 3. The van der Waals surface area contributed by atoms with Crippen molar-refractivity contribution < 1.29 is 4.79 Å². The third kappa shape index (κ3) is 3.18. The zero-order chi connectivity index (χ0) is 14.7.